The monoisotopic (exact) mass is 423 g/mol. The Bertz CT molecular complexity index is 1080. The van der Waals surface area contributed by atoms with Gasteiger partial charge < -0.3 is 24.6 Å². The van der Waals surface area contributed by atoms with E-state index in [9.17, 15) is 9.90 Å². The molecule has 8 nitrogen and oxygen atoms in total. The Morgan fingerprint density at radius 3 is 2.21 bits per heavy atom. The van der Waals surface area contributed by atoms with Crippen molar-refractivity contribution in [3.05, 3.63) is 40.1 Å². The lowest BCUT2D eigenvalue weighted by atomic mass is 10.1. The first-order chi connectivity index (χ1) is 13.4. The quantitative estimate of drug-likeness (QED) is 0.562. The van der Waals surface area contributed by atoms with Crippen LogP contribution < -0.4 is 19.5 Å². The zero-order chi connectivity index (χ0) is 20.4. The second-order valence-corrected chi connectivity index (χ2v) is 6.27. The molecule has 0 amide bonds. The van der Waals surface area contributed by atoms with Gasteiger partial charge in [0.05, 0.1) is 37.6 Å². The molecule has 2 aromatic carbocycles. The van der Waals surface area contributed by atoms with Gasteiger partial charge in [-0.2, -0.15) is 4.98 Å². The van der Waals surface area contributed by atoms with Gasteiger partial charge in [-0.15, -0.1) is 0 Å². The predicted octanol–water partition coefficient (Wildman–Crippen LogP) is 4.40. The molecule has 10 heteroatoms. The number of nitrogens with one attached hydrogen (secondary N) is 1. The van der Waals surface area contributed by atoms with Crippen molar-refractivity contribution in [1.29, 1.82) is 0 Å². The molecular weight excluding hydrogens is 409 g/mol. The molecule has 0 unspecified atom stereocenters. The molecule has 28 heavy (non-hydrogen) atoms. The van der Waals surface area contributed by atoms with Crippen LogP contribution in [-0.4, -0.2) is 42.4 Å². The second-order valence-electron chi connectivity index (χ2n) is 5.53. The summed E-state index contributed by atoms with van der Waals surface area (Å²) in [6.07, 6.45) is 0. The van der Waals surface area contributed by atoms with E-state index in [1.54, 1.807) is 12.1 Å². The molecule has 2 N–H and O–H groups in total. The van der Waals surface area contributed by atoms with Gasteiger partial charge in [0, 0.05) is 17.5 Å². The molecular formula is C18H15Cl2N3O5. The standard InChI is InChI=1S/C18H15Cl2N3O5/c1-26-13-7-12(10(19)4-9(13)17(24)25)21-16-8-5-14(27-2)15(28-3)6-11(8)22-18(20)23-16/h4-7H,1-3H3,(H,24,25)(H,21,22,23). The number of anilines is 2. The normalized spacial score (nSPS) is 10.6. The van der Waals surface area contributed by atoms with E-state index in [1.807, 2.05) is 0 Å². The van der Waals surface area contributed by atoms with Crippen LogP contribution in [0.25, 0.3) is 10.9 Å². The van der Waals surface area contributed by atoms with Crippen molar-refractivity contribution in [1.82, 2.24) is 9.97 Å². The number of hydrogen-bond acceptors (Lipinski definition) is 7. The average molecular weight is 424 g/mol. The van der Waals surface area contributed by atoms with Crippen molar-refractivity contribution in [3.8, 4) is 17.2 Å². The van der Waals surface area contributed by atoms with Crippen molar-refractivity contribution >= 4 is 51.6 Å². The number of benzene rings is 2. The molecule has 0 aliphatic carbocycles. The van der Waals surface area contributed by atoms with Gasteiger partial charge in [0.1, 0.15) is 17.1 Å². The van der Waals surface area contributed by atoms with Gasteiger partial charge in [0.25, 0.3) is 0 Å². The molecule has 1 heterocycles. The van der Waals surface area contributed by atoms with Gasteiger partial charge in [-0.3, -0.25) is 0 Å². The summed E-state index contributed by atoms with van der Waals surface area (Å²) in [7, 11) is 4.40. The first-order valence-electron chi connectivity index (χ1n) is 7.85. The van der Waals surface area contributed by atoms with Crippen LogP contribution in [0.4, 0.5) is 11.5 Å². The Morgan fingerprint density at radius 1 is 0.964 bits per heavy atom. The number of ether oxygens (including phenoxy) is 3. The summed E-state index contributed by atoms with van der Waals surface area (Å²) in [4.78, 5) is 19.7. The van der Waals surface area contributed by atoms with E-state index in [4.69, 9.17) is 37.4 Å². The van der Waals surface area contributed by atoms with Crippen molar-refractivity contribution in [2.45, 2.75) is 0 Å². The lowest BCUT2D eigenvalue weighted by Gasteiger charge is -2.15. The summed E-state index contributed by atoms with van der Waals surface area (Å²) < 4.78 is 15.8. The van der Waals surface area contributed by atoms with E-state index >= 15 is 0 Å². The van der Waals surface area contributed by atoms with E-state index in [-0.39, 0.29) is 21.6 Å². The Morgan fingerprint density at radius 2 is 1.61 bits per heavy atom. The number of carboxylic acids is 1. The number of aromatic nitrogens is 2. The topological polar surface area (TPSA) is 103 Å². The van der Waals surface area contributed by atoms with Crippen molar-refractivity contribution in [2.75, 3.05) is 26.6 Å². The molecule has 0 bridgehead atoms. The van der Waals surface area contributed by atoms with Crippen LogP contribution in [0.2, 0.25) is 10.3 Å². The number of methoxy groups -OCH3 is 3. The molecule has 0 aliphatic heterocycles. The smallest absolute Gasteiger partial charge is 0.339 e. The minimum Gasteiger partial charge on any atom is -0.496 e. The summed E-state index contributed by atoms with van der Waals surface area (Å²) in [5.41, 5.74) is 0.842. The third-order valence-corrected chi connectivity index (χ3v) is 4.43. The lowest BCUT2D eigenvalue weighted by Crippen LogP contribution is -2.03. The molecule has 0 atom stereocenters. The fourth-order valence-electron chi connectivity index (χ4n) is 2.64. The number of rotatable bonds is 6. The van der Waals surface area contributed by atoms with E-state index in [2.05, 4.69) is 15.3 Å². The predicted molar refractivity (Wildman–Crippen MR) is 106 cm³/mol. The number of hydrogen-bond donors (Lipinski definition) is 2. The van der Waals surface area contributed by atoms with Gasteiger partial charge >= 0.3 is 5.97 Å². The van der Waals surface area contributed by atoms with Crippen molar-refractivity contribution in [3.63, 3.8) is 0 Å². The van der Waals surface area contributed by atoms with Crippen molar-refractivity contribution < 1.29 is 24.1 Å². The Labute approximate surface area is 170 Å². The SMILES string of the molecule is COc1cc2nc(Cl)nc(Nc3cc(OC)c(C(=O)O)cc3Cl)c2cc1OC. The third-order valence-electron chi connectivity index (χ3n) is 3.95. The van der Waals surface area contributed by atoms with Crippen LogP contribution in [0.15, 0.2) is 24.3 Å². The Kier molecular flexibility index (Phi) is 5.62. The average Bonchev–Trinajstić information content (AvgIpc) is 2.67. The fourth-order valence-corrected chi connectivity index (χ4v) is 3.02. The fraction of sp³-hybridized carbons (Fsp3) is 0.167. The van der Waals surface area contributed by atoms with Gasteiger partial charge in [0.2, 0.25) is 5.28 Å². The molecule has 0 radical (unpaired) electrons. The van der Waals surface area contributed by atoms with E-state index in [0.29, 0.717) is 33.9 Å². The summed E-state index contributed by atoms with van der Waals surface area (Å²) in [5, 5.41) is 13.1. The van der Waals surface area contributed by atoms with Crippen LogP contribution in [0, 0.1) is 0 Å². The van der Waals surface area contributed by atoms with E-state index < -0.39 is 5.97 Å². The first-order valence-corrected chi connectivity index (χ1v) is 8.60. The number of nitrogens with zero attached hydrogens (tertiary/aromatic N) is 2. The van der Waals surface area contributed by atoms with Crippen LogP contribution in [0.1, 0.15) is 10.4 Å². The maximum atomic E-state index is 11.3. The van der Waals surface area contributed by atoms with E-state index in [0.717, 1.165) is 0 Å². The molecule has 0 aliphatic rings. The molecule has 0 fully saturated rings. The van der Waals surface area contributed by atoms with Crippen molar-refractivity contribution in [2.24, 2.45) is 0 Å². The van der Waals surface area contributed by atoms with Crippen LogP contribution >= 0.6 is 23.2 Å². The Hall–Kier alpha value is -2.97. The maximum absolute atomic E-state index is 11.3. The summed E-state index contributed by atoms with van der Waals surface area (Å²) >= 11 is 12.3. The van der Waals surface area contributed by atoms with Crippen LogP contribution in [0.5, 0.6) is 17.2 Å². The zero-order valence-electron chi connectivity index (χ0n) is 15.0. The number of carboxylic acid groups (broad SMARTS) is 1. The Balaban J connectivity index is 2.15. The lowest BCUT2D eigenvalue weighted by molar-refractivity contribution is 0.0693. The third kappa shape index (κ3) is 3.69. The number of aromatic carboxylic acids is 1. The highest BCUT2D eigenvalue weighted by molar-refractivity contribution is 6.34. The molecule has 0 spiro atoms. The second kappa shape index (κ2) is 7.95. The van der Waals surface area contributed by atoms with Crippen LogP contribution in [-0.2, 0) is 0 Å². The van der Waals surface area contributed by atoms with Gasteiger partial charge in [-0.05, 0) is 23.7 Å². The molecule has 0 saturated heterocycles. The van der Waals surface area contributed by atoms with Crippen LogP contribution in [0.3, 0.4) is 0 Å². The molecule has 146 valence electrons. The maximum Gasteiger partial charge on any atom is 0.339 e. The summed E-state index contributed by atoms with van der Waals surface area (Å²) in [6, 6.07) is 6.13. The summed E-state index contributed by atoms with van der Waals surface area (Å²) in [5.74, 6) is 0.304. The summed E-state index contributed by atoms with van der Waals surface area (Å²) in [6.45, 7) is 0. The highest BCUT2D eigenvalue weighted by Crippen LogP contribution is 2.38. The highest BCUT2D eigenvalue weighted by Gasteiger charge is 2.17. The number of fused-ring (bicyclic) bond motifs is 1. The number of halogens is 2. The van der Waals surface area contributed by atoms with Gasteiger partial charge in [0.15, 0.2) is 11.5 Å². The molecule has 3 rings (SSSR count). The first kappa shape index (κ1) is 19.8. The number of carbonyl (C=O) groups is 1. The molecule has 1 aromatic heterocycles. The largest absolute Gasteiger partial charge is 0.496 e. The minimum atomic E-state index is -1.15. The minimum absolute atomic E-state index is 0.00691. The van der Waals surface area contributed by atoms with E-state index in [1.165, 1.54) is 33.5 Å². The zero-order valence-corrected chi connectivity index (χ0v) is 16.6. The molecule has 3 aromatic rings. The highest BCUT2D eigenvalue weighted by atomic mass is 35.5. The van der Waals surface area contributed by atoms with Gasteiger partial charge in [-0.1, -0.05) is 11.6 Å². The van der Waals surface area contributed by atoms with Gasteiger partial charge in [-0.25, -0.2) is 9.78 Å². The molecule has 0 saturated carbocycles.